The molecule has 20 heavy (non-hydrogen) atoms. The number of hydrogen-bond donors (Lipinski definition) is 3. The third-order valence-corrected chi connectivity index (χ3v) is 3.23. The molecule has 1 unspecified atom stereocenters. The molecule has 0 saturated heterocycles. The number of rotatable bonds is 7. The maximum absolute atomic E-state index is 11.8. The van der Waals surface area contributed by atoms with E-state index in [2.05, 4.69) is 17.9 Å². The highest BCUT2D eigenvalue weighted by molar-refractivity contribution is 7.81. The molecule has 0 aliphatic rings. The average molecular weight is 295 g/mol. The third-order valence-electron chi connectivity index (χ3n) is 2.97. The molecule has 4 nitrogen and oxygen atoms in total. The van der Waals surface area contributed by atoms with Gasteiger partial charge in [-0.2, -0.15) is 12.6 Å². The summed E-state index contributed by atoms with van der Waals surface area (Å²) in [5, 5.41) is 11.6. The van der Waals surface area contributed by atoms with Crippen LogP contribution in [0.15, 0.2) is 30.3 Å². The van der Waals surface area contributed by atoms with Crippen molar-refractivity contribution in [1.82, 2.24) is 5.32 Å². The molecule has 0 saturated carbocycles. The van der Waals surface area contributed by atoms with Crippen LogP contribution in [0.2, 0.25) is 0 Å². The Balaban J connectivity index is 2.41. The number of amides is 1. The fourth-order valence-corrected chi connectivity index (χ4v) is 2.05. The Labute approximate surface area is 125 Å². The number of carbonyl (C=O) groups is 2. The molecule has 0 aliphatic heterocycles. The van der Waals surface area contributed by atoms with Gasteiger partial charge in [0.2, 0.25) is 5.91 Å². The molecule has 1 aromatic rings. The largest absolute Gasteiger partial charge is 0.480 e. The van der Waals surface area contributed by atoms with Crippen LogP contribution in [-0.4, -0.2) is 27.8 Å². The zero-order valence-corrected chi connectivity index (χ0v) is 12.7. The van der Waals surface area contributed by atoms with Gasteiger partial charge in [0.15, 0.2) is 0 Å². The highest BCUT2D eigenvalue weighted by atomic mass is 32.1. The summed E-state index contributed by atoms with van der Waals surface area (Å²) in [5.41, 5.74) is 1.17. The van der Waals surface area contributed by atoms with Crippen LogP contribution in [-0.2, 0) is 16.0 Å². The predicted molar refractivity (Wildman–Crippen MR) is 82.0 cm³/mol. The van der Waals surface area contributed by atoms with E-state index in [1.165, 1.54) is 5.56 Å². The first-order valence-corrected chi connectivity index (χ1v) is 7.04. The van der Waals surface area contributed by atoms with Gasteiger partial charge in [-0.25, -0.2) is 4.79 Å². The van der Waals surface area contributed by atoms with E-state index in [1.54, 1.807) is 13.8 Å². The zero-order valence-electron chi connectivity index (χ0n) is 11.8. The van der Waals surface area contributed by atoms with E-state index in [0.717, 1.165) is 6.42 Å². The van der Waals surface area contributed by atoms with Crippen LogP contribution in [0.4, 0.5) is 0 Å². The van der Waals surface area contributed by atoms with E-state index in [-0.39, 0.29) is 5.91 Å². The normalized spacial score (nSPS) is 12.8. The number of carbonyl (C=O) groups excluding carboxylic acids is 1. The quantitative estimate of drug-likeness (QED) is 0.676. The Kier molecular flexibility index (Phi) is 6.07. The summed E-state index contributed by atoms with van der Waals surface area (Å²) in [4.78, 5) is 22.9. The minimum absolute atomic E-state index is 0.254. The van der Waals surface area contributed by atoms with E-state index in [0.29, 0.717) is 12.8 Å². The van der Waals surface area contributed by atoms with Crippen LogP contribution in [0.1, 0.15) is 32.3 Å². The lowest BCUT2D eigenvalue weighted by molar-refractivity contribution is -0.142. The summed E-state index contributed by atoms with van der Waals surface area (Å²) >= 11 is 4.22. The van der Waals surface area contributed by atoms with Gasteiger partial charge in [-0.3, -0.25) is 4.79 Å². The van der Waals surface area contributed by atoms with Gasteiger partial charge in [0.25, 0.3) is 0 Å². The molecule has 2 N–H and O–H groups in total. The summed E-state index contributed by atoms with van der Waals surface area (Å²) < 4.78 is -0.805. The Bertz CT molecular complexity index is 454. The van der Waals surface area contributed by atoms with Crippen molar-refractivity contribution in [3.8, 4) is 0 Å². The molecule has 0 aromatic heterocycles. The van der Waals surface area contributed by atoms with Gasteiger partial charge in [-0.05, 0) is 32.3 Å². The van der Waals surface area contributed by atoms with E-state index in [4.69, 9.17) is 5.11 Å². The van der Waals surface area contributed by atoms with Crippen LogP contribution in [0, 0.1) is 0 Å². The van der Waals surface area contributed by atoms with Crippen molar-refractivity contribution in [2.24, 2.45) is 0 Å². The van der Waals surface area contributed by atoms with Crippen molar-refractivity contribution in [2.75, 3.05) is 0 Å². The van der Waals surface area contributed by atoms with E-state index >= 15 is 0 Å². The maximum atomic E-state index is 11.8. The summed E-state index contributed by atoms with van der Waals surface area (Å²) in [6, 6.07) is 8.89. The SMILES string of the molecule is CC(C)(S)C(NC(=O)CCCc1ccccc1)C(=O)O. The van der Waals surface area contributed by atoms with Crippen LogP contribution in [0.3, 0.4) is 0 Å². The lowest BCUT2D eigenvalue weighted by Gasteiger charge is -2.26. The molecule has 0 spiro atoms. The molecule has 0 aliphatic carbocycles. The topological polar surface area (TPSA) is 66.4 Å². The highest BCUT2D eigenvalue weighted by Gasteiger charge is 2.33. The summed E-state index contributed by atoms with van der Waals surface area (Å²) in [6.07, 6.45) is 1.80. The second kappa shape index (κ2) is 7.33. The van der Waals surface area contributed by atoms with Gasteiger partial charge in [0, 0.05) is 11.2 Å². The van der Waals surface area contributed by atoms with Gasteiger partial charge < -0.3 is 10.4 Å². The van der Waals surface area contributed by atoms with Crippen LogP contribution in [0.25, 0.3) is 0 Å². The molecule has 1 rings (SSSR count). The van der Waals surface area contributed by atoms with Crippen molar-refractivity contribution < 1.29 is 14.7 Å². The second-order valence-corrected chi connectivity index (χ2v) is 6.48. The van der Waals surface area contributed by atoms with Crippen LogP contribution >= 0.6 is 12.6 Å². The number of thiol groups is 1. The lowest BCUT2D eigenvalue weighted by Crippen LogP contribution is -2.51. The summed E-state index contributed by atoms with van der Waals surface area (Å²) in [6.45, 7) is 3.33. The van der Waals surface area contributed by atoms with Gasteiger partial charge in [-0.1, -0.05) is 30.3 Å². The number of aliphatic carboxylic acids is 1. The van der Waals surface area contributed by atoms with Crippen LogP contribution < -0.4 is 5.32 Å². The molecule has 1 aromatic carbocycles. The minimum atomic E-state index is -1.07. The molecule has 0 fully saturated rings. The Morgan fingerprint density at radius 3 is 2.40 bits per heavy atom. The standard InChI is InChI=1S/C15H21NO3S/c1-15(2,20)13(14(18)19)16-12(17)10-6-9-11-7-4-3-5-8-11/h3-5,7-8,13,20H,6,9-10H2,1-2H3,(H,16,17)(H,18,19). The second-order valence-electron chi connectivity index (χ2n) is 5.33. The molecule has 0 heterocycles. The van der Waals surface area contributed by atoms with Crippen LogP contribution in [0.5, 0.6) is 0 Å². The first kappa shape index (κ1) is 16.6. The van der Waals surface area contributed by atoms with Crippen molar-refractivity contribution in [2.45, 2.75) is 43.9 Å². The molecule has 1 amide bonds. The highest BCUT2D eigenvalue weighted by Crippen LogP contribution is 2.18. The predicted octanol–water partition coefficient (Wildman–Crippen LogP) is 2.29. The number of hydrogen-bond acceptors (Lipinski definition) is 3. The fourth-order valence-electron chi connectivity index (χ4n) is 1.87. The van der Waals surface area contributed by atoms with E-state index in [9.17, 15) is 9.59 Å². The van der Waals surface area contributed by atoms with E-state index < -0.39 is 16.8 Å². The number of aryl methyl sites for hydroxylation is 1. The van der Waals surface area contributed by atoms with Gasteiger partial charge in [0.1, 0.15) is 6.04 Å². The molecular formula is C15H21NO3S. The summed E-state index contributed by atoms with van der Waals surface area (Å²) in [7, 11) is 0. The average Bonchev–Trinajstić information content (AvgIpc) is 2.35. The van der Waals surface area contributed by atoms with Crippen molar-refractivity contribution in [1.29, 1.82) is 0 Å². The fraction of sp³-hybridized carbons (Fsp3) is 0.467. The van der Waals surface area contributed by atoms with Gasteiger partial charge in [-0.15, -0.1) is 0 Å². The number of nitrogens with one attached hydrogen (secondary N) is 1. The van der Waals surface area contributed by atoms with Crippen molar-refractivity contribution in [3.05, 3.63) is 35.9 Å². The maximum Gasteiger partial charge on any atom is 0.327 e. The molecular weight excluding hydrogens is 274 g/mol. The first-order chi connectivity index (χ1) is 9.30. The summed E-state index contributed by atoms with van der Waals surface area (Å²) in [5.74, 6) is -1.32. The number of benzene rings is 1. The number of carboxylic acids is 1. The Morgan fingerprint density at radius 2 is 1.90 bits per heavy atom. The first-order valence-electron chi connectivity index (χ1n) is 6.59. The van der Waals surface area contributed by atoms with Crippen molar-refractivity contribution >= 4 is 24.5 Å². The molecule has 110 valence electrons. The zero-order chi connectivity index (χ0) is 15.2. The lowest BCUT2D eigenvalue weighted by atomic mass is 10.0. The minimum Gasteiger partial charge on any atom is -0.480 e. The molecule has 0 radical (unpaired) electrons. The molecule has 1 atom stereocenters. The number of carboxylic acid groups (broad SMARTS) is 1. The monoisotopic (exact) mass is 295 g/mol. The van der Waals surface area contributed by atoms with E-state index in [1.807, 2.05) is 30.3 Å². The van der Waals surface area contributed by atoms with Gasteiger partial charge in [0.05, 0.1) is 0 Å². The molecule has 0 bridgehead atoms. The smallest absolute Gasteiger partial charge is 0.327 e. The molecule has 5 heteroatoms. The third kappa shape index (κ3) is 5.65. The van der Waals surface area contributed by atoms with Crippen molar-refractivity contribution in [3.63, 3.8) is 0 Å². The van der Waals surface area contributed by atoms with Gasteiger partial charge >= 0.3 is 5.97 Å². The Morgan fingerprint density at radius 1 is 1.30 bits per heavy atom. The Hall–Kier alpha value is -1.49.